The Morgan fingerprint density at radius 1 is 1.26 bits per heavy atom. The predicted molar refractivity (Wildman–Crippen MR) is 121 cm³/mol. The number of urea groups is 1. The molecule has 0 bridgehead atoms. The third-order valence-electron chi connectivity index (χ3n) is 4.58. The Balaban J connectivity index is 1.89. The van der Waals surface area contributed by atoms with E-state index in [1.807, 2.05) is 0 Å². The van der Waals surface area contributed by atoms with Crippen LogP contribution in [0.4, 0.5) is 9.18 Å². The van der Waals surface area contributed by atoms with Crippen LogP contribution in [-0.4, -0.2) is 48.5 Å². The number of carbonyl (C=O) groups is 1. The Morgan fingerprint density at radius 3 is 2.52 bits per heavy atom. The normalized spacial score (nSPS) is 23.5. The van der Waals surface area contributed by atoms with Crippen LogP contribution in [0.15, 0.2) is 48.4 Å². The van der Waals surface area contributed by atoms with E-state index in [2.05, 4.69) is 5.32 Å². The molecule has 0 aromatic heterocycles. The molecule has 2 aromatic carbocycles. The maximum absolute atomic E-state index is 14.2. The van der Waals surface area contributed by atoms with Gasteiger partial charge >= 0.3 is 6.03 Å². The largest absolute Gasteiger partial charge is 0.493 e. The molecule has 5 nitrogen and oxygen atoms in total. The summed E-state index contributed by atoms with van der Waals surface area (Å²) in [6, 6.07) is 1.33. The average molecular weight is 438 g/mol. The summed E-state index contributed by atoms with van der Waals surface area (Å²) in [5.41, 5.74) is 0.327. The highest BCUT2D eigenvalue weighted by molar-refractivity contribution is 5.74. The van der Waals surface area contributed by atoms with Crippen LogP contribution >= 0.6 is 0 Å². The summed E-state index contributed by atoms with van der Waals surface area (Å²) in [4.78, 5) is 15.5. The van der Waals surface area contributed by atoms with Crippen molar-refractivity contribution in [1.29, 1.82) is 0 Å². The summed E-state index contributed by atoms with van der Waals surface area (Å²) in [5, 5.41) is 2.67. The topological polar surface area (TPSA) is 44.8 Å². The fraction of sp³-hybridized carbons (Fsp3) is 0.480. The SMILES string of the molecule is [2H]c1c([2H])c(CN(C(=O)NCc2ccc(OC([2H])([2H])C(C)C)cc2)C2CC([2H])([2H])N(C)C([2H])([2H])C2)c([2H])c([2H])c1F. The third-order valence-corrected chi connectivity index (χ3v) is 4.58. The van der Waals surface area contributed by atoms with Gasteiger partial charge in [-0.3, -0.25) is 0 Å². The molecule has 1 saturated heterocycles. The van der Waals surface area contributed by atoms with Gasteiger partial charge in [-0.2, -0.15) is 0 Å². The molecule has 0 atom stereocenters. The minimum atomic E-state index is -2.15. The standard InChI is InChI=1S/C25H34FN3O2/c1-19(2)18-31-24-10-6-20(7-11-24)16-27-25(30)29(23-12-14-28(3)15-13-23)17-21-4-8-22(26)9-5-21/h4-11,19,23H,12-18H2,1-3H3,(H,27,30)/i4D,5D,8D,9D,14D2,15D2,18D2. The lowest BCUT2D eigenvalue weighted by Gasteiger charge is -2.37. The molecule has 0 unspecified atom stereocenters. The van der Waals surface area contributed by atoms with Crippen molar-refractivity contribution in [1.82, 2.24) is 15.1 Å². The van der Waals surface area contributed by atoms with Gasteiger partial charge in [-0.25, -0.2) is 9.18 Å². The van der Waals surface area contributed by atoms with Gasteiger partial charge in [0.05, 0.1) is 14.8 Å². The summed E-state index contributed by atoms with van der Waals surface area (Å²) >= 11 is 0. The number of rotatable bonds is 8. The number of hydrogen-bond donors (Lipinski definition) is 1. The van der Waals surface area contributed by atoms with Crippen molar-refractivity contribution < 1.29 is 27.6 Å². The number of piperidine rings is 1. The second-order valence-electron chi connectivity index (χ2n) is 7.54. The molecule has 31 heavy (non-hydrogen) atoms. The van der Waals surface area contributed by atoms with E-state index in [-0.39, 0.29) is 30.7 Å². The molecule has 2 amide bonds. The molecule has 0 aliphatic carbocycles. The van der Waals surface area contributed by atoms with E-state index in [1.54, 1.807) is 38.1 Å². The number of halogens is 1. The molecule has 1 aliphatic rings. The van der Waals surface area contributed by atoms with Gasteiger partial charge in [0, 0.05) is 24.6 Å². The average Bonchev–Trinajstić information content (AvgIpc) is 2.88. The van der Waals surface area contributed by atoms with Gasteiger partial charge in [-0.05, 0) is 74.1 Å². The van der Waals surface area contributed by atoms with Crippen molar-refractivity contribution in [2.24, 2.45) is 5.92 Å². The summed E-state index contributed by atoms with van der Waals surface area (Å²) in [6.07, 6.45) is -0.604. The first-order chi connectivity index (χ1) is 18.8. The molecule has 168 valence electrons. The van der Waals surface area contributed by atoms with Crippen LogP contribution < -0.4 is 10.1 Å². The molecule has 0 radical (unpaired) electrons. The Hall–Kier alpha value is -2.60. The molecule has 6 heteroatoms. The molecule has 1 fully saturated rings. The van der Waals surface area contributed by atoms with E-state index in [0.717, 1.165) is 9.80 Å². The van der Waals surface area contributed by atoms with Gasteiger partial charge in [0.1, 0.15) is 11.6 Å². The summed E-state index contributed by atoms with van der Waals surface area (Å²) in [6.45, 7) is -3.39. The Labute approximate surface area is 199 Å². The number of carbonyl (C=O) groups excluding carboxylic acids is 1. The van der Waals surface area contributed by atoms with Gasteiger partial charge < -0.3 is 19.9 Å². The number of nitrogens with one attached hydrogen (secondary N) is 1. The molecule has 0 saturated carbocycles. The monoisotopic (exact) mass is 437 g/mol. The molecule has 1 N–H and O–H groups in total. The lowest BCUT2D eigenvalue weighted by atomic mass is 10.0. The first-order valence-corrected chi connectivity index (χ1v) is 10.1. The minimum absolute atomic E-state index is 0.0304. The van der Waals surface area contributed by atoms with Gasteiger partial charge in [0.15, 0.2) is 0 Å². The Kier molecular flexibility index (Phi) is 4.70. The molecule has 0 spiro atoms. The molecular formula is C25H34FN3O2. The zero-order chi connectivity index (χ0) is 31.1. The van der Waals surface area contributed by atoms with Crippen molar-refractivity contribution in [3.63, 3.8) is 0 Å². The van der Waals surface area contributed by atoms with Crippen molar-refractivity contribution in [2.75, 3.05) is 26.6 Å². The van der Waals surface area contributed by atoms with Crippen LogP contribution in [-0.2, 0) is 13.1 Å². The summed E-state index contributed by atoms with van der Waals surface area (Å²) in [7, 11) is 1.29. The highest BCUT2D eigenvalue weighted by Gasteiger charge is 2.27. The van der Waals surface area contributed by atoms with Crippen molar-refractivity contribution in [2.45, 2.75) is 45.8 Å². The van der Waals surface area contributed by atoms with Crippen molar-refractivity contribution in [3.8, 4) is 5.75 Å². The molecule has 1 heterocycles. The number of hydrogen-bond acceptors (Lipinski definition) is 3. The van der Waals surface area contributed by atoms with Gasteiger partial charge in [-0.15, -0.1) is 0 Å². The zero-order valence-corrected chi connectivity index (χ0v) is 17.9. The Morgan fingerprint density at radius 2 is 1.90 bits per heavy atom. The number of benzene rings is 2. The lowest BCUT2D eigenvalue weighted by Crippen LogP contribution is -2.49. The number of likely N-dealkylation sites (tertiary alicyclic amines) is 1. The summed E-state index contributed by atoms with van der Waals surface area (Å²) < 4.78 is 101. The predicted octanol–water partition coefficient (Wildman–Crippen LogP) is 4.67. The maximum atomic E-state index is 14.2. The van der Waals surface area contributed by atoms with Crippen LogP contribution in [0.1, 0.15) is 51.5 Å². The zero-order valence-electron chi connectivity index (χ0n) is 27.9. The fourth-order valence-electron chi connectivity index (χ4n) is 2.91. The summed E-state index contributed by atoms with van der Waals surface area (Å²) in [5.74, 6) is -1.44. The van der Waals surface area contributed by atoms with E-state index < -0.39 is 74.1 Å². The van der Waals surface area contributed by atoms with E-state index in [0.29, 0.717) is 5.56 Å². The maximum Gasteiger partial charge on any atom is 0.318 e. The molecule has 1 aliphatic heterocycles. The van der Waals surface area contributed by atoms with Crippen LogP contribution in [0.3, 0.4) is 0 Å². The van der Waals surface area contributed by atoms with Gasteiger partial charge in [0.25, 0.3) is 0 Å². The van der Waals surface area contributed by atoms with Gasteiger partial charge in [0.2, 0.25) is 0 Å². The molecule has 2 aromatic rings. The third kappa shape index (κ3) is 7.24. The second kappa shape index (κ2) is 11.1. The van der Waals surface area contributed by atoms with Gasteiger partial charge in [-0.1, -0.05) is 38.1 Å². The highest BCUT2D eigenvalue weighted by Crippen LogP contribution is 2.19. The van der Waals surface area contributed by atoms with E-state index in [1.165, 1.54) is 7.05 Å². The lowest BCUT2D eigenvalue weighted by molar-refractivity contribution is 0.127. The van der Waals surface area contributed by atoms with Crippen molar-refractivity contribution in [3.05, 3.63) is 65.4 Å². The smallest absolute Gasteiger partial charge is 0.318 e. The number of amides is 2. The minimum Gasteiger partial charge on any atom is -0.493 e. The molecular weight excluding hydrogens is 393 g/mol. The van der Waals surface area contributed by atoms with Crippen LogP contribution in [0.5, 0.6) is 5.75 Å². The fourth-order valence-corrected chi connectivity index (χ4v) is 2.91. The van der Waals surface area contributed by atoms with E-state index >= 15 is 0 Å². The first kappa shape index (κ1) is 13.1. The second-order valence-corrected chi connectivity index (χ2v) is 7.54. The highest BCUT2D eigenvalue weighted by atomic mass is 19.1. The van der Waals surface area contributed by atoms with E-state index in [9.17, 15) is 9.18 Å². The first-order valence-electron chi connectivity index (χ1n) is 15.1. The number of nitrogens with zero attached hydrogens (tertiary/aromatic N) is 2. The quantitative estimate of drug-likeness (QED) is 0.653. The van der Waals surface area contributed by atoms with Crippen molar-refractivity contribution >= 4 is 6.03 Å². The number of ether oxygens (including phenoxy) is 1. The van der Waals surface area contributed by atoms with Crippen LogP contribution in [0.2, 0.25) is 0 Å². The Bertz CT molecular complexity index is 1230. The van der Waals surface area contributed by atoms with E-state index in [4.69, 9.17) is 18.4 Å². The van der Waals surface area contributed by atoms with Crippen LogP contribution in [0.25, 0.3) is 0 Å². The van der Waals surface area contributed by atoms with Crippen LogP contribution in [0, 0.1) is 11.7 Å². The molecule has 3 rings (SSSR count).